The average molecular weight is 277 g/mol. The maximum Gasteiger partial charge on any atom is 0.189 e. The van der Waals surface area contributed by atoms with Gasteiger partial charge in [0, 0.05) is 0 Å². The summed E-state index contributed by atoms with van der Waals surface area (Å²) in [7, 11) is 0. The highest BCUT2D eigenvalue weighted by Gasteiger charge is 2.06. The van der Waals surface area contributed by atoms with E-state index in [-0.39, 0.29) is 22.1 Å². The van der Waals surface area contributed by atoms with Crippen molar-refractivity contribution < 1.29 is 14.3 Å². The molecule has 1 N–H and O–H groups in total. The Labute approximate surface area is 114 Å². The number of carbonyl (C=O) groups excluding carboxylic acids is 1. The molecule has 2 rings (SSSR count). The van der Waals surface area contributed by atoms with Crippen LogP contribution >= 0.6 is 11.6 Å². The highest BCUT2D eigenvalue weighted by atomic mass is 35.5. The lowest BCUT2D eigenvalue weighted by atomic mass is 10.1. The van der Waals surface area contributed by atoms with Gasteiger partial charge >= 0.3 is 0 Å². The molecule has 0 aromatic heterocycles. The molecule has 0 radical (unpaired) electrons. The van der Waals surface area contributed by atoms with Gasteiger partial charge in [-0.3, -0.25) is 4.79 Å². The van der Waals surface area contributed by atoms with Crippen LogP contribution in [0.1, 0.15) is 15.9 Å². The van der Waals surface area contributed by atoms with Crippen molar-refractivity contribution in [3.63, 3.8) is 0 Å². The van der Waals surface area contributed by atoms with Crippen LogP contribution in [0.15, 0.2) is 48.5 Å². The number of benzene rings is 2. The van der Waals surface area contributed by atoms with Crippen LogP contribution in [-0.2, 0) is 0 Å². The number of allylic oxidation sites excluding steroid dienone is 1. The van der Waals surface area contributed by atoms with Gasteiger partial charge in [-0.05, 0) is 35.9 Å². The minimum Gasteiger partial charge on any atom is -0.507 e. The largest absolute Gasteiger partial charge is 0.507 e. The first-order chi connectivity index (χ1) is 9.08. The first kappa shape index (κ1) is 13.3. The molecule has 4 heteroatoms. The average Bonchev–Trinajstić information content (AvgIpc) is 2.40. The molecule has 0 atom stereocenters. The highest BCUT2D eigenvalue weighted by Crippen LogP contribution is 2.19. The van der Waals surface area contributed by atoms with Crippen LogP contribution in [0.2, 0.25) is 5.02 Å². The van der Waals surface area contributed by atoms with E-state index in [1.54, 1.807) is 12.1 Å². The lowest BCUT2D eigenvalue weighted by Crippen LogP contribution is -1.94. The Kier molecular flexibility index (Phi) is 3.97. The van der Waals surface area contributed by atoms with E-state index < -0.39 is 5.82 Å². The highest BCUT2D eigenvalue weighted by molar-refractivity contribution is 6.30. The standard InChI is InChI=1S/C15H10ClFO2/c16-12-9-10(5-7-13(12)17)6-8-15(19)11-3-1-2-4-14(11)18/h1-9,18H. The first-order valence-corrected chi connectivity index (χ1v) is 5.91. The fourth-order valence-electron chi connectivity index (χ4n) is 1.56. The summed E-state index contributed by atoms with van der Waals surface area (Å²) in [5.74, 6) is -0.918. The molecule has 19 heavy (non-hydrogen) atoms. The maximum atomic E-state index is 13.0. The van der Waals surface area contributed by atoms with Crippen LogP contribution in [0.4, 0.5) is 4.39 Å². The molecule has 0 amide bonds. The molecular weight excluding hydrogens is 267 g/mol. The molecule has 0 fully saturated rings. The van der Waals surface area contributed by atoms with Gasteiger partial charge in [-0.25, -0.2) is 4.39 Å². The van der Waals surface area contributed by atoms with Crippen molar-refractivity contribution >= 4 is 23.5 Å². The molecule has 2 nitrogen and oxygen atoms in total. The second kappa shape index (κ2) is 5.67. The summed E-state index contributed by atoms with van der Waals surface area (Å²) in [5, 5.41) is 9.53. The monoisotopic (exact) mass is 276 g/mol. The Balaban J connectivity index is 2.21. The fraction of sp³-hybridized carbons (Fsp3) is 0. The van der Waals surface area contributed by atoms with Crippen LogP contribution < -0.4 is 0 Å². The molecule has 2 aromatic rings. The third-order valence-corrected chi connectivity index (χ3v) is 2.83. The zero-order valence-electron chi connectivity index (χ0n) is 9.81. The summed E-state index contributed by atoms with van der Waals surface area (Å²) in [4.78, 5) is 11.8. The Bertz CT molecular complexity index is 650. The van der Waals surface area contributed by atoms with Gasteiger partial charge in [0.05, 0.1) is 10.6 Å². The van der Waals surface area contributed by atoms with Gasteiger partial charge in [-0.15, -0.1) is 0 Å². The van der Waals surface area contributed by atoms with E-state index in [0.29, 0.717) is 5.56 Å². The zero-order valence-corrected chi connectivity index (χ0v) is 10.6. The van der Waals surface area contributed by atoms with Crippen LogP contribution in [-0.4, -0.2) is 10.9 Å². The van der Waals surface area contributed by atoms with Crippen molar-refractivity contribution in [2.45, 2.75) is 0 Å². The molecule has 0 spiro atoms. The quantitative estimate of drug-likeness (QED) is 0.677. The van der Waals surface area contributed by atoms with E-state index in [1.807, 2.05) is 0 Å². The fourth-order valence-corrected chi connectivity index (χ4v) is 1.75. The second-order valence-electron chi connectivity index (χ2n) is 3.89. The number of hydrogen-bond acceptors (Lipinski definition) is 2. The lowest BCUT2D eigenvalue weighted by Gasteiger charge is -1.99. The number of rotatable bonds is 3. The molecule has 0 aliphatic carbocycles. The molecule has 0 heterocycles. The second-order valence-corrected chi connectivity index (χ2v) is 4.30. The first-order valence-electron chi connectivity index (χ1n) is 5.53. The Hall–Kier alpha value is -2.13. The van der Waals surface area contributed by atoms with Crippen molar-refractivity contribution in [2.24, 2.45) is 0 Å². The van der Waals surface area contributed by atoms with Crippen molar-refractivity contribution in [1.29, 1.82) is 0 Å². The van der Waals surface area contributed by atoms with E-state index in [0.717, 1.165) is 0 Å². The third-order valence-electron chi connectivity index (χ3n) is 2.54. The van der Waals surface area contributed by atoms with Gasteiger partial charge in [-0.2, -0.15) is 0 Å². The molecule has 0 aliphatic rings. The predicted octanol–water partition coefficient (Wildman–Crippen LogP) is 4.08. The number of carbonyl (C=O) groups is 1. The van der Waals surface area contributed by atoms with Crippen LogP contribution in [0.5, 0.6) is 5.75 Å². The third kappa shape index (κ3) is 3.20. The van der Waals surface area contributed by atoms with E-state index >= 15 is 0 Å². The number of hydrogen-bond donors (Lipinski definition) is 1. The summed E-state index contributed by atoms with van der Waals surface area (Å²) in [5.41, 5.74) is 0.821. The van der Waals surface area contributed by atoms with Crippen LogP contribution in [0, 0.1) is 5.82 Å². The number of ketones is 1. The molecule has 2 aromatic carbocycles. The van der Waals surface area contributed by atoms with Gasteiger partial charge in [0.1, 0.15) is 11.6 Å². The van der Waals surface area contributed by atoms with Crippen molar-refractivity contribution in [1.82, 2.24) is 0 Å². The number of halogens is 2. The van der Waals surface area contributed by atoms with Gasteiger partial charge < -0.3 is 5.11 Å². The molecular formula is C15H10ClFO2. The van der Waals surface area contributed by atoms with E-state index in [2.05, 4.69) is 0 Å². The Morgan fingerprint density at radius 2 is 1.95 bits per heavy atom. The molecule has 0 saturated carbocycles. The minimum atomic E-state index is -0.508. The van der Waals surface area contributed by atoms with Crippen molar-refractivity contribution in [3.8, 4) is 5.75 Å². The van der Waals surface area contributed by atoms with Gasteiger partial charge in [0.15, 0.2) is 5.78 Å². The van der Waals surface area contributed by atoms with E-state index in [4.69, 9.17) is 11.6 Å². The maximum absolute atomic E-state index is 13.0. The normalized spacial score (nSPS) is 10.8. The zero-order chi connectivity index (χ0) is 13.8. The minimum absolute atomic E-state index is 0.00263. The van der Waals surface area contributed by atoms with Gasteiger partial charge in [0.2, 0.25) is 0 Å². The molecule has 0 bridgehead atoms. The van der Waals surface area contributed by atoms with Crippen LogP contribution in [0.3, 0.4) is 0 Å². The number of para-hydroxylation sites is 1. The smallest absolute Gasteiger partial charge is 0.189 e. The number of aromatic hydroxyl groups is 1. The summed E-state index contributed by atoms with van der Waals surface area (Å²) in [6, 6.07) is 10.4. The number of phenols is 1. The van der Waals surface area contributed by atoms with Crippen molar-refractivity contribution in [3.05, 3.63) is 70.5 Å². The Morgan fingerprint density at radius 1 is 1.21 bits per heavy atom. The predicted molar refractivity (Wildman–Crippen MR) is 72.9 cm³/mol. The molecule has 0 saturated heterocycles. The number of phenolic OH excluding ortho intramolecular Hbond substituents is 1. The van der Waals surface area contributed by atoms with Crippen molar-refractivity contribution in [2.75, 3.05) is 0 Å². The lowest BCUT2D eigenvalue weighted by molar-refractivity contribution is 0.104. The molecule has 0 aliphatic heterocycles. The molecule has 96 valence electrons. The van der Waals surface area contributed by atoms with Gasteiger partial charge in [0.25, 0.3) is 0 Å². The summed E-state index contributed by atoms with van der Waals surface area (Å²) >= 11 is 5.64. The van der Waals surface area contributed by atoms with E-state index in [1.165, 1.54) is 42.5 Å². The summed E-state index contributed by atoms with van der Waals surface area (Å²) < 4.78 is 13.0. The molecule has 0 unspecified atom stereocenters. The van der Waals surface area contributed by atoms with Crippen LogP contribution in [0.25, 0.3) is 6.08 Å². The Morgan fingerprint density at radius 3 is 2.63 bits per heavy atom. The summed E-state index contributed by atoms with van der Waals surface area (Å²) in [6.07, 6.45) is 2.82. The van der Waals surface area contributed by atoms with Gasteiger partial charge in [-0.1, -0.05) is 35.9 Å². The summed E-state index contributed by atoms with van der Waals surface area (Å²) in [6.45, 7) is 0. The van der Waals surface area contributed by atoms with E-state index in [9.17, 15) is 14.3 Å². The SMILES string of the molecule is O=C(C=Cc1ccc(F)c(Cl)c1)c1ccccc1O. The topological polar surface area (TPSA) is 37.3 Å².